The van der Waals surface area contributed by atoms with E-state index in [1.807, 2.05) is 53.5 Å². The Morgan fingerprint density at radius 2 is 1.36 bits per heavy atom. The highest BCUT2D eigenvalue weighted by Crippen LogP contribution is 2.12. The van der Waals surface area contributed by atoms with Crippen molar-refractivity contribution in [1.29, 1.82) is 0 Å². The summed E-state index contributed by atoms with van der Waals surface area (Å²) < 4.78 is 0. The smallest absolute Gasteiger partial charge is 0.226 e. The molecule has 0 aliphatic heterocycles. The van der Waals surface area contributed by atoms with Gasteiger partial charge in [0.05, 0.1) is 0 Å². The van der Waals surface area contributed by atoms with E-state index in [0.29, 0.717) is 19.5 Å². The fourth-order valence-electron chi connectivity index (χ4n) is 2.32. The molecule has 2 heteroatoms. The molecule has 2 rings (SSSR count). The van der Waals surface area contributed by atoms with Gasteiger partial charge in [0.15, 0.2) is 0 Å². The van der Waals surface area contributed by atoms with Gasteiger partial charge in [-0.15, -0.1) is 0 Å². The number of allylic oxidation sites excluding steroid dienone is 1. The molecular formula is C20H23NO. The van der Waals surface area contributed by atoms with Crippen LogP contribution in [-0.4, -0.2) is 10.8 Å². The lowest BCUT2D eigenvalue weighted by molar-refractivity contribution is -0.131. The average Bonchev–Trinajstić information content (AvgIpc) is 2.56. The van der Waals surface area contributed by atoms with E-state index < -0.39 is 0 Å². The molecule has 2 aromatic carbocycles. The lowest BCUT2D eigenvalue weighted by atomic mass is 10.1. The van der Waals surface area contributed by atoms with Crippen molar-refractivity contribution >= 4 is 5.91 Å². The van der Waals surface area contributed by atoms with E-state index >= 15 is 0 Å². The molecule has 0 atom stereocenters. The van der Waals surface area contributed by atoms with Crippen molar-refractivity contribution in [3.05, 3.63) is 83.9 Å². The molecule has 0 saturated heterocycles. The van der Waals surface area contributed by atoms with Crippen LogP contribution in [-0.2, 0) is 17.9 Å². The fraction of sp³-hybridized carbons (Fsp3) is 0.250. The van der Waals surface area contributed by atoms with Crippen LogP contribution in [0.1, 0.15) is 30.9 Å². The third kappa shape index (κ3) is 5.21. The minimum atomic E-state index is 0.164. The van der Waals surface area contributed by atoms with E-state index in [2.05, 4.69) is 31.2 Å². The van der Waals surface area contributed by atoms with Crippen LogP contribution in [0.3, 0.4) is 0 Å². The number of benzene rings is 2. The van der Waals surface area contributed by atoms with Crippen LogP contribution < -0.4 is 0 Å². The molecule has 0 aliphatic carbocycles. The van der Waals surface area contributed by atoms with Crippen molar-refractivity contribution in [2.24, 2.45) is 0 Å². The Hall–Kier alpha value is -2.35. The Bertz CT molecular complexity index is 548. The summed E-state index contributed by atoms with van der Waals surface area (Å²) in [5.41, 5.74) is 2.32. The van der Waals surface area contributed by atoms with Crippen LogP contribution in [0.15, 0.2) is 72.8 Å². The number of carbonyl (C=O) groups is 1. The molecule has 0 aliphatic rings. The Labute approximate surface area is 133 Å². The first-order valence-electron chi connectivity index (χ1n) is 7.80. The Balaban J connectivity index is 2.09. The topological polar surface area (TPSA) is 20.3 Å². The highest BCUT2D eigenvalue weighted by Gasteiger charge is 2.13. The molecule has 0 bridgehead atoms. The third-order valence-electron chi connectivity index (χ3n) is 3.48. The number of nitrogens with zero attached hydrogens (tertiary/aromatic N) is 1. The Morgan fingerprint density at radius 1 is 0.864 bits per heavy atom. The molecule has 114 valence electrons. The number of hydrogen-bond acceptors (Lipinski definition) is 1. The molecule has 2 nitrogen and oxygen atoms in total. The van der Waals surface area contributed by atoms with Crippen LogP contribution in [0.25, 0.3) is 0 Å². The second kappa shape index (κ2) is 8.83. The van der Waals surface area contributed by atoms with Gasteiger partial charge in [0, 0.05) is 19.5 Å². The molecule has 1 amide bonds. The van der Waals surface area contributed by atoms with Crippen LogP contribution in [0, 0.1) is 0 Å². The van der Waals surface area contributed by atoms with Crippen molar-refractivity contribution in [3.63, 3.8) is 0 Å². The summed E-state index contributed by atoms with van der Waals surface area (Å²) >= 11 is 0. The maximum absolute atomic E-state index is 12.5. The highest BCUT2D eigenvalue weighted by molar-refractivity contribution is 5.77. The van der Waals surface area contributed by atoms with Gasteiger partial charge >= 0.3 is 0 Å². The normalized spacial score (nSPS) is 10.8. The van der Waals surface area contributed by atoms with E-state index in [9.17, 15) is 4.79 Å². The lowest BCUT2D eigenvalue weighted by Crippen LogP contribution is -2.29. The molecule has 0 spiro atoms. The standard InChI is InChI=1S/C20H23NO/c1-2-3-6-15-20(22)21(16-18-11-7-4-8-12-18)17-19-13-9-5-10-14-19/h3-14H,2,15-17H2,1H3/b6-3+. The van der Waals surface area contributed by atoms with Crippen LogP contribution in [0.5, 0.6) is 0 Å². The van der Waals surface area contributed by atoms with Gasteiger partial charge in [-0.2, -0.15) is 0 Å². The first kappa shape index (κ1) is 16.0. The molecule has 0 heterocycles. The molecule has 0 aromatic heterocycles. The summed E-state index contributed by atoms with van der Waals surface area (Å²) in [6.45, 7) is 3.37. The number of amides is 1. The van der Waals surface area contributed by atoms with Crippen molar-refractivity contribution in [3.8, 4) is 0 Å². The number of rotatable bonds is 7. The predicted octanol–water partition coefficient (Wildman–Crippen LogP) is 4.57. The van der Waals surface area contributed by atoms with Gasteiger partial charge in [-0.05, 0) is 17.5 Å². The van der Waals surface area contributed by atoms with Crippen LogP contribution in [0.2, 0.25) is 0 Å². The van der Waals surface area contributed by atoms with Crippen LogP contribution in [0.4, 0.5) is 0 Å². The summed E-state index contributed by atoms with van der Waals surface area (Å²) in [5.74, 6) is 0.164. The zero-order valence-corrected chi connectivity index (χ0v) is 13.1. The quantitative estimate of drug-likeness (QED) is 0.685. The predicted molar refractivity (Wildman–Crippen MR) is 91.2 cm³/mol. The third-order valence-corrected chi connectivity index (χ3v) is 3.48. The summed E-state index contributed by atoms with van der Waals surface area (Å²) in [5, 5.41) is 0. The van der Waals surface area contributed by atoms with E-state index in [1.54, 1.807) is 0 Å². The summed E-state index contributed by atoms with van der Waals surface area (Å²) in [7, 11) is 0. The van der Waals surface area contributed by atoms with E-state index in [-0.39, 0.29) is 5.91 Å². The summed E-state index contributed by atoms with van der Waals surface area (Å²) in [4.78, 5) is 14.4. The molecule has 0 N–H and O–H groups in total. The first-order chi connectivity index (χ1) is 10.8. The van der Waals surface area contributed by atoms with Gasteiger partial charge in [0.1, 0.15) is 0 Å². The SMILES string of the molecule is CC/C=C/CC(=O)N(Cc1ccccc1)Cc1ccccc1. The lowest BCUT2D eigenvalue weighted by Gasteiger charge is -2.22. The molecule has 0 fully saturated rings. The minimum absolute atomic E-state index is 0.164. The molecule has 0 saturated carbocycles. The van der Waals surface area contributed by atoms with E-state index in [1.165, 1.54) is 0 Å². The second-order valence-corrected chi connectivity index (χ2v) is 5.30. The van der Waals surface area contributed by atoms with E-state index in [4.69, 9.17) is 0 Å². The van der Waals surface area contributed by atoms with Gasteiger partial charge in [-0.25, -0.2) is 0 Å². The second-order valence-electron chi connectivity index (χ2n) is 5.30. The molecule has 0 radical (unpaired) electrons. The van der Waals surface area contributed by atoms with Crippen molar-refractivity contribution in [1.82, 2.24) is 4.90 Å². The minimum Gasteiger partial charge on any atom is -0.334 e. The zero-order chi connectivity index (χ0) is 15.6. The van der Waals surface area contributed by atoms with Gasteiger partial charge in [0.25, 0.3) is 0 Å². The van der Waals surface area contributed by atoms with Crippen molar-refractivity contribution < 1.29 is 4.79 Å². The average molecular weight is 293 g/mol. The Kier molecular flexibility index (Phi) is 6.43. The van der Waals surface area contributed by atoms with Gasteiger partial charge in [-0.1, -0.05) is 79.7 Å². The maximum Gasteiger partial charge on any atom is 0.226 e. The molecule has 0 unspecified atom stereocenters. The number of hydrogen-bond donors (Lipinski definition) is 0. The largest absolute Gasteiger partial charge is 0.334 e. The van der Waals surface area contributed by atoms with Crippen molar-refractivity contribution in [2.75, 3.05) is 0 Å². The highest BCUT2D eigenvalue weighted by atomic mass is 16.2. The van der Waals surface area contributed by atoms with Gasteiger partial charge in [0.2, 0.25) is 5.91 Å². The molecule has 2 aromatic rings. The monoisotopic (exact) mass is 293 g/mol. The summed E-state index contributed by atoms with van der Waals surface area (Å²) in [6.07, 6.45) is 5.44. The fourth-order valence-corrected chi connectivity index (χ4v) is 2.32. The first-order valence-corrected chi connectivity index (χ1v) is 7.80. The van der Waals surface area contributed by atoms with Crippen molar-refractivity contribution in [2.45, 2.75) is 32.9 Å². The summed E-state index contributed by atoms with van der Waals surface area (Å²) in [6, 6.07) is 20.3. The van der Waals surface area contributed by atoms with Gasteiger partial charge < -0.3 is 4.90 Å². The van der Waals surface area contributed by atoms with E-state index in [0.717, 1.165) is 17.5 Å². The molecular weight excluding hydrogens is 270 g/mol. The number of carbonyl (C=O) groups excluding carboxylic acids is 1. The Morgan fingerprint density at radius 3 is 1.82 bits per heavy atom. The molecule has 22 heavy (non-hydrogen) atoms. The zero-order valence-electron chi connectivity index (χ0n) is 13.1. The maximum atomic E-state index is 12.5. The van der Waals surface area contributed by atoms with Gasteiger partial charge in [-0.3, -0.25) is 4.79 Å². The van der Waals surface area contributed by atoms with Crippen LogP contribution >= 0.6 is 0 Å².